The van der Waals surface area contributed by atoms with Gasteiger partial charge in [0.2, 0.25) is 10.0 Å². The van der Waals surface area contributed by atoms with Gasteiger partial charge in [-0.2, -0.15) is 0 Å². The highest BCUT2D eigenvalue weighted by Gasteiger charge is 2.16. The first-order valence-electron chi connectivity index (χ1n) is 6.13. The molecule has 1 aromatic carbocycles. The number of aliphatic hydroxyl groups excluding tert-OH is 1. The summed E-state index contributed by atoms with van der Waals surface area (Å²) in [7, 11) is -3.56. The van der Waals surface area contributed by atoms with E-state index in [-0.39, 0.29) is 17.2 Å². The predicted octanol–water partition coefficient (Wildman–Crippen LogP) is 1.86. The highest BCUT2D eigenvalue weighted by atomic mass is 79.9. The molecular weight excluding hydrogens is 332 g/mol. The van der Waals surface area contributed by atoms with Crippen molar-refractivity contribution in [2.24, 2.45) is 0 Å². The van der Waals surface area contributed by atoms with Crippen molar-refractivity contribution in [3.05, 3.63) is 22.7 Å². The number of sulfonamides is 1. The molecule has 0 atom stereocenters. The molecule has 0 aliphatic rings. The predicted molar refractivity (Wildman–Crippen MR) is 79.3 cm³/mol. The molecule has 108 valence electrons. The zero-order chi connectivity index (χ0) is 14.3. The van der Waals surface area contributed by atoms with Gasteiger partial charge in [0, 0.05) is 17.6 Å². The summed E-state index contributed by atoms with van der Waals surface area (Å²) in [5.74, 6) is 0. The van der Waals surface area contributed by atoms with Crippen molar-refractivity contribution >= 4 is 31.6 Å². The van der Waals surface area contributed by atoms with E-state index in [2.05, 4.69) is 20.7 Å². The molecule has 0 fully saturated rings. The van der Waals surface area contributed by atoms with Crippen molar-refractivity contribution in [2.45, 2.75) is 30.6 Å². The summed E-state index contributed by atoms with van der Waals surface area (Å²) in [5, 5.41) is 8.63. The number of aliphatic hydroxyl groups is 1. The van der Waals surface area contributed by atoms with Gasteiger partial charge in [0.15, 0.2) is 0 Å². The first-order valence-corrected chi connectivity index (χ1v) is 8.40. The van der Waals surface area contributed by atoms with E-state index < -0.39 is 10.0 Å². The molecule has 0 saturated carbocycles. The summed E-state index contributed by atoms with van der Waals surface area (Å²) < 4.78 is 27.3. The Hall–Kier alpha value is -0.630. The van der Waals surface area contributed by atoms with E-state index in [1.54, 1.807) is 12.1 Å². The quantitative estimate of drug-likeness (QED) is 0.492. The molecule has 0 spiro atoms. The number of rotatable bonds is 8. The van der Waals surface area contributed by atoms with Crippen molar-refractivity contribution in [1.82, 2.24) is 4.72 Å². The molecule has 1 aromatic rings. The Morgan fingerprint density at radius 3 is 2.58 bits per heavy atom. The molecule has 0 aliphatic heterocycles. The summed E-state index contributed by atoms with van der Waals surface area (Å²) in [6.45, 7) is 0.556. The van der Waals surface area contributed by atoms with Crippen molar-refractivity contribution in [1.29, 1.82) is 0 Å². The Labute approximate surface area is 122 Å². The third kappa shape index (κ3) is 5.48. The number of hydrogen-bond donors (Lipinski definition) is 3. The van der Waals surface area contributed by atoms with Crippen LogP contribution >= 0.6 is 15.9 Å². The third-order valence-corrected chi connectivity index (χ3v) is 4.65. The molecule has 5 nitrogen and oxygen atoms in total. The Morgan fingerprint density at radius 1 is 1.21 bits per heavy atom. The molecule has 7 heteroatoms. The molecule has 0 aliphatic carbocycles. The van der Waals surface area contributed by atoms with Crippen molar-refractivity contribution in [3.8, 4) is 0 Å². The van der Waals surface area contributed by atoms with Gasteiger partial charge in [-0.25, -0.2) is 13.1 Å². The lowest BCUT2D eigenvalue weighted by Gasteiger charge is -2.09. The van der Waals surface area contributed by atoms with Gasteiger partial charge in [-0.1, -0.05) is 28.8 Å². The minimum atomic E-state index is -3.56. The maximum atomic E-state index is 12.0. The van der Waals surface area contributed by atoms with Gasteiger partial charge >= 0.3 is 0 Å². The zero-order valence-corrected chi connectivity index (χ0v) is 13.0. The fourth-order valence-corrected chi connectivity index (χ4v) is 3.36. The maximum Gasteiger partial charge on any atom is 0.242 e. The van der Waals surface area contributed by atoms with E-state index in [9.17, 15) is 8.42 Å². The van der Waals surface area contributed by atoms with Crippen LogP contribution in [0.25, 0.3) is 0 Å². The van der Waals surface area contributed by atoms with Crippen LogP contribution in [-0.2, 0) is 10.0 Å². The van der Waals surface area contributed by atoms with Gasteiger partial charge in [-0.05, 0) is 31.0 Å². The van der Waals surface area contributed by atoms with Crippen molar-refractivity contribution in [2.75, 3.05) is 18.9 Å². The number of nitrogens with one attached hydrogen (secondary N) is 1. The number of nitrogen functional groups attached to an aromatic ring is 1. The molecule has 0 amide bonds. The molecule has 0 saturated heterocycles. The summed E-state index contributed by atoms with van der Waals surface area (Å²) in [6.07, 6.45) is 3.28. The molecule has 0 radical (unpaired) electrons. The molecule has 0 aromatic heterocycles. The second kappa shape index (κ2) is 7.84. The molecule has 1 rings (SSSR count). The van der Waals surface area contributed by atoms with E-state index in [0.29, 0.717) is 11.0 Å². The first-order chi connectivity index (χ1) is 8.97. The van der Waals surface area contributed by atoms with Crippen LogP contribution in [0, 0.1) is 0 Å². The first kappa shape index (κ1) is 16.4. The average Bonchev–Trinajstić information content (AvgIpc) is 2.36. The summed E-state index contributed by atoms with van der Waals surface area (Å²) in [5.41, 5.74) is 5.91. The highest BCUT2D eigenvalue weighted by Crippen LogP contribution is 2.22. The minimum absolute atomic E-state index is 0.0947. The zero-order valence-electron chi connectivity index (χ0n) is 10.6. The lowest BCUT2D eigenvalue weighted by atomic mass is 10.2. The Bertz CT molecular complexity index is 506. The average molecular weight is 351 g/mol. The van der Waals surface area contributed by atoms with Crippen LogP contribution < -0.4 is 10.5 Å². The molecule has 4 N–H and O–H groups in total. The molecule has 0 unspecified atom stereocenters. The van der Waals surface area contributed by atoms with Gasteiger partial charge in [0.25, 0.3) is 0 Å². The van der Waals surface area contributed by atoms with Crippen LogP contribution in [0.1, 0.15) is 25.7 Å². The van der Waals surface area contributed by atoms with E-state index >= 15 is 0 Å². The van der Waals surface area contributed by atoms with Crippen LogP contribution in [0.2, 0.25) is 0 Å². The van der Waals surface area contributed by atoms with E-state index in [0.717, 1.165) is 25.7 Å². The second-order valence-electron chi connectivity index (χ2n) is 4.22. The molecule has 0 heterocycles. The fourth-order valence-electron chi connectivity index (χ4n) is 1.62. The number of anilines is 1. The smallest absolute Gasteiger partial charge is 0.242 e. The Kier molecular flexibility index (Phi) is 6.78. The van der Waals surface area contributed by atoms with Gasteiger partial charge in [0.1, 0.15) is 4.90 Å². The van der Waals surface area contributed by atoms with E-state index in [4.69, 9.17) is 10.8 Å². The number of hydrogen-bond acceptors (Lipinski definition) is 4. The summed E-state index contributed by atoms with van der Waals surface area (Å²) in [4.78, 5) is 0.0947. The van der Waals surface area contributed by atoms with E-state index in [1.165, 1.54) is 6.07 Å². The topological polar surface area (TPSA) is 92.4 Å². The highest BCUT2D eigenvalue weighted by molar-refractivity contribution is 9.10. The van der Waals surface area contributed by atoms with Crippen molar-refractivity contribution in [3.63, 3.8) is 0 Å². The maximum absolute atomic E-state index is 12.0. The molecular formula is C12H19BrN2O3S. The second-order valence-corrected chi connectivity index (χ2v) is 6.87. The van der Waals surface area contributed by atoms with E-state index in [1.807, 2.05) is 0 Å². The third-order valence-electron chi connectivity index (χ3n) is 2.64. The fraction of sp³-hybridized carbons (Fsp3) is 0.500. The van der Waals surface area contributed by atoms with Crippen molar-refractivity contribution < 1.29 is 13.5 Å². The molecule has 0 bridgehead atoms. The largest absolute Gasteiger partial charge is 0.398 e. The van der Waals surface area contributed by atoms with Crippen LogP contribution in [0.4, 0.5) is 5.69 Å². The molecule has 19 heavy (non-hydrogen) atoms. The SMILES string of the molecule is Nc1ccc(Br)cc1S(=O)(=O)NCCCCCCO. The standard InChI is InChI=1S/C12H19BrN2O3S/c13-10-5-6-11(14)12(9-10)19(17,18)15-7-3-1-2-4-8-16/h5-6,9,15-16H,1-4,7-8,14H2. The normalized spacial score (nSPS) is 11.7. The van der Waals surface area contributed by atoms with Gasteiger partial charge in [-0.15, -0.1) is 0 Å². The number of halogens is 1. The number of nitrogens with two attached hydrogens (primary N) is 1. The Balaban J connectivity index is 2.54. The summed E-state index contributed by atoms with van der Waals surface area (Å²) in [6, 6.07) is 4.74. The van der Waals surface area contributed by atoms with Gasteiger partial charge in [0.05, 0.1) is 5.69 Å². The summed E-state index contributed by atoms with van der Waals surface area (Å²) >= 11 is 3.23. The monoisotopic (exact) mass is 350 g/mol. The lowest BCUT2D eigenvalue weighted by Crippen LogP contribution is -2.25. The number of benzene rings is 1. The lowest BCUT2D eigenvalue weighted by molar-refractivity contribution is 0.282. The van der Waals surface area contributed by atoms with Crippen LogP contribution in [0.5, 0.6) is 0 Å². The van der Waals surface area contributed by atoms with Gasteiger partial charge in [-0.3, -0.25) is 0 Å². The minimum Gasteiger partial charge on any atom is -0.398 e. The van der Waals surface area contributed by atoms with Crippen LogP contribution in [0.3, 0.4) is 0 Å². The van der Waals surface area contributed by atoms with Crippen LogP contribution in [0.15, 0.2) is 27.6 Å². The number of unbranched alkanes of at least 4 members (excludes halogenated alkanes) is 3. The Morgan fingerprint density at radius 2 is 1.89 bits per heavy atom. The van der Waals surface area contributed by atoms with Gasteiger partial charge < -0.3 is 10.8 Å². The van der Waals surface area contributed by atoms with Crippen LogP contribution in [-0.4, -0.2) is 26.7 Å².